The molecule has 2 amide bonds. The number of likely N-dealkylation sites (N-methyl/N-ethyl adjacent to an activating group) is 1. The molecule has 3 rings (SSSR count). The number of fused-ring (bicyclic) bond motifs is 1. The highest BCUT2D eigenvalue weighted by molar-refractivity contribution is 7.89. The van der Waals surface area contributed by atoms with Crippen molar-refractivity contribution in [2.45, 2.75) is 76.0 Å². The van der Waals surface area contributed by atoms with E-state index >= 15 is 0 Å². The number of aliphatic hydroxyl groups is 1. The number of hydrogen-bond donors (Lipinski definition) is 2. The summed E-state index contributed by atoms with van der Waals surface area (Å²) in [4.78, 5) is 30.7. The van der Waals surface area contributed by atoms with Gasteiger partial charge in [0.1, 0.15) is 5.75 Å². The molecule has 11 nitrogen and oxygen atoms in total. The number of sulfonamides is 1. The molecule has 1 aliphatic heterocycles. The fourth-order valence-electron chi connectivity index (χ4n) is 5.38. The normalized spacial score (nSPS) is 20.8. The number of nitrogens with one attached hydrogen (secondary N) is 1. The summed E-state index contributed by atoms with van der Waals surface area (Å²) in [6.07, 6.45) is 2.54. The summed E-state index contributed by atoms with van der Waals surface area (Å²) in [5.74, 6) is -0.445. The Morgan fingerprint density at radius 3 is 2.49 bits per heavy atom. The van der Waals surface area contributed by atoms with Crippen LogP contribution in [0.25, 0.3) is 0 Å². The van der Waals surface area contributed by atoms with Crippen LogP contribution in [0.1, 0.15) is 63.2 Å². The molecule has 262 valence electrons. The molecule has 0 radical (unpaired) electrons. The maximum atomic E-state index is 14.3. The number of carbonyl (C=O) groups excluding carboxylic acids is 2. The highest BCUT2D eigenvalue weighted by Gasteiger charge is 2.32. The number of halogens is 1. The molecule has 47 heavy (non-hydrogen) atoms. The van der Waals surface area contributed by atoms with E-state index in [0.717, 1.165) is 19.4 Å². The lowest BCUT2D eigenvalue weighted by atomic mass is 10.0. The van der Waals surface area contributed by atoms with Gasteiger partial charge in [0.25, 0.3) is 5.91 Å². The first kappa shape index (κ1) is 38.7. The second-order valence-corrected chi connectivity index (χ2v) is 15.2. The van der Waals surface area contributed by atoms with Crippen molar-refractivity contribution in [1.82, 2.24) is 14.1 Å². The molecule has 13 heteroatoms. The van der Waals surface area contributed by atoms with Crippen molar-refractivity contribution in [3.8, 4) is 5.75 Å². The first-order chi connectivity index (χ1) is 22.2. The molecular weight excluding hydrogens is 644 g/mol. The monoisotopic (exact) mass is 694 g/mol. The molecule has 1 heterocycles. The van der Waals surface area contributed by atoms with E-state index in [9.17, 15) is 23.1 Å². The second-order valence-electron chi connectivity index (χ2n) is 12.7. The number of hydrogen-bond acceptors (Lipinski definition) is 8. The standard InChI is InChI=1S/C34H51ClN4O7S/c1-24-21-39(25(2)23-40)34(42)30-20-28(36-33(41)11-9-18-37(4)5)14-17-31(30)46-26(3)10-7-8-19-45-32(24)22-38(6)47(43,44)29-15-12-27(35)13-16-29/h12-17,20,24-26,32,40H,7-11,18-19,21-23H2,1-6H3,(H,36,41)/t24-,25+,26+,32+/m0/s1. The van der Waals surface area contributed by atoms with Crippen LogP contribution < -0.4 is 10.1 Å². The molecule has 1 aliphatic rings. The lowest BCUT2D eigenvalue weighted by Crippen LogP contribution is -2.48. The zero-order chi connectivity index (χ0) is 34.7. The van der Waals surface area contributed by atoms with Gasteiger partial charge in [0.2, 0.25) is 15.9 Å². The van der Waals surface area contributed by atoms with Crippen molar-refractivity contribution in [3.63, 3.8) is 0 Å². The van der Waals surface area contributed by atoms with E-state index in [-0.39, 0.29) is 54.0 Å². The van der Waals surface area contributed by atoms with Crippen LogP contribution in [0.3, 0.4) is 0 Å². The molecule has 2 aromatic rings. The Balaban J connectivity index is 1.92. The third-order valence-electron chi connectivity index (χ3n) is 8.30. The van der Waals surface area contributed by atoms with Crippen LogP contribution in [-0.2, 0) is 19.6 Å². The topological polar surface area (TPSA) is 129 Å². The van der Waals surface area contributed by atoms with Gasteiger partial charge in [0, 0.05) is 49.8 Å². The van der Waals surface area contributed by atoms with Crippen LogP contribution in [-0.4, -0.2) is 112 Å². The number of anilines is 1. The molecular formula is C34H51ClN4O7S. The molecule has 0 unspecified atom stereocenters. The summed E-state index contributed by atoms with van der Waals surface area (Å²) in [6, 6.07) is 10.5. The average Bonchev–Trinajstić information content (AvgIpc) is 3.02. The number of ether oxygens (including phenoxy) is 2. The first-order valence-electron chi connectivity index (χ1n) is 16.2. The number of carbonyl (C=O) groups is 2. The van der Waals surface area contributed by atoms with E-state index in [0.29, 0.717) is 42.3 Å². The van der Waals surface area contributed by atoms with Gasteiger partial charge in [0.05, 0.1) is 35.3 Å². The molecule has 0 spiro atoms. The molecule has 4 atom stereocenters. The Morgan fingerprint density at radius 1 is 1.13 bits per heavy atom. The van der Waals surface area contributed by atoms with Gasteiger partial charge in [0.15, 0.2) is 0 Å². The van der Waals surface area contributed by atoms with E-state index in [1.807, 2.05) is 32.8 Å². The zero-order valence-corrected chi connectivity index (χ0v) is 30.0. The molecule has 0 saturated heterocycles. The quantitative estimate of drug-likeness (QED) is 0.346. The number of amides is 2. The number of rotatable bonds is 11. The molecule has 0 aliphatic carbocycles. The minimum absolute atomic E-state index is 0.0573. The van der Waals surface area contributed by atoms with Gasteiger partial charge in [-0.1, -0.05) is 18.5 Å². The van der Waals surface area contributed by atoms with Crippen LogP contribution in [0, 0.1) is 5.92 Å². The van der Waals surface area contributed by atoms with E-state index < -0.39 is 22.2 Å². The fourth-order valence-corrected chi connectivity index (χ4v) is 6.69. The van der Waals surface area contributed by atoms with Gasteiger partial charge < -0.3 is 29.7 Å². The van der Waals surface area contributed by atoms with Gasteiger partial charge in [-0.25, -0.2) is 8.42 Å². The Kier molecular flexibility index (Phi) is 14.9. The van der Waals surface area contributed by atoms with Crippen molar-refractivity contribution in [1.29, 1.82) is 0 Å². The van der Waals surface area contributed by atoms with Gasteiger partial charge >= 0.3 is 0 Å². The fraction of sp³-hybridized carbons (Fsp3) is 0.588. The molecule has 0 fully saturated rings. The summed E-state index contributed by atoms with van der Waals surface area (Å²) in [5, 5.41) is 13.5. The Morgan fingerprint density at radius 2 is 1.83 bits per heavy atom. The Bertz CT molecular complexity index is 1420. The van der Waals surface area contributed by atoms with Gasteiger partial charge in [-0.3, -0.25) is 9.59 Å². The molecule has 2 aromatic carbocycles. The number of benzene rings is 2. The van der Waals surface area contributed by atoms with Crippen LogP contribution in [0.4, 0.5) is 5.69 Å². The average molecular weight is 695 g/mol. The maximum Gasteiger partial charge on any atom is 0.258 e. The summed E-state index contributed by atoms with van der Waals surface area (Å²) in [6.45, 7) is 6.74. The van der Waals surface area contributed by atoms with Crippen LogP contribution in [0.5, 0.6) is 5.75 Å². The van der Waals surface area contributed by atoms with E-state index in [1.54, 1.807) is 30.0 Å². The summed E-state index contributed by atoms with van der Waals surface area (Å²) >= 11 is 5.98. The van der Waals surface area contributed by atoms with Gasteiger partial charge in [-0.15, -0.1) is 0 Å². The lowest BCUT2D eigenvalue weighted by molar-refractivity contribution is -0.116. The van der Waals surface area contributed by atoms with E-state index in [4.69, 9.17) is 21.1 Å². The van der Waals surface area contributed by atoms with Crippen molar-refractivity contribution < 1.29 is 32.6 Å². The minimum Gasteiger partial charge on any atom is -0.490 e. The SMILES string of the molecule is C[C@@H]1CCCCO[C@H](CN(C)S(=O)(=O)c2ccc(Cl)cc2)[C@@H](C)CN([C@H](C)CO)C(=O)c2cc(NC(=O)CCCN(C)C)ccc2O1. The second kappa shape index (κ2) is 18.1. The van der Waals surface area contributed by atoms with Crippen LogP contribution in [0.15, 0.2) is 47.4 Å². The van der Waals surface area contributed by atoms with Crippen LogP contribution in [0.2, 0.25) is 5.02 Å². The lowest BCUT2D eigenvalue weighted by Gasteiger charge is -2.35. The molecule has 0 bridgehead atoms. The highest BCUT2D eigenvalue weighted by atomic mass is 35.5. The summed E-state index contributed by atoms with van der Waals surface area (Å²) in [5.41, 5.74) is 0.747. The third-order valence-corrected chi connectivity index (χ3v) is 10.4. The van der Waals surface area contributed by atoms with Crippen LogP contribution >= 0.6 is 11.6 Å². The molecule has 2 N–H and O–H groups in total. The smallest absolute Gasteiger partial charge is 0.258 e. The number of aliphatic hydroxyl groups excluding tert-OH is 1. The number of nitrogens with zero attached hydrogens (tertiary/aromatic N) is 3. The minimum atomic E-state index is -3.84. The van der Waals surface area contributed by atoms with E-state index in [1.165, 1.54) is 35.6 Å². The van der Waals surface area contributed by atoms with E-state index in [2.05, 4.69) is 5.32 Å². The predicted octanol–water partition coefficient (Wildman–Crippen LogP) is 4.74. The van der Waals surface area contributed by atoms with Crippen molar-refractivity contribution >= 4 is 39.1 Å². The predicted molar refractivity (Wildman–Crippen MR) is 185 cm³/mol. The first-order valence-corrected chi connectivity index (χ1v) is 18.0. The maximum absolute atomic E-state index is 14.3. The van der Waals surface area contributed by atoms with Crippen molar-refractivity contribution in [2.75, 3.05) is 59.3 Å². The summed E-state index contributed by atoms with van der Waals surface area (Å²) in [7, 11) is 1.58. The van der Waals surface area contributed by atoms with Gasteiger partial charge in [-0.2, -0.15) is 4.31 Å². The third kappa shape index (κ3) is 11.4. The largest absolute Gasteiger partial charge is 0.490 e. The van der Waals surface area contributed by atoms with Crippen molar-refractivity contribution in [2.24, 2.45) is 5.92 Å². The Labute approximate surface area is 285 Å². The molecule has 0 saturated carbocycles. The molecule has 0 aromatic heterocycles. The zero-order valence-electron chi connectivity index (χ0n) is 28.4. The Hall–Kier alpha value is -2.74. The van der Waals surface area contributed by atoms with Crippen molar-refractivity contribution in [3.05, 3.63) is 53.1 Å². The van der Waals surface area contributed by atoms with Gasteiger partial charge in [-0.05, 0) is 103 Å². The highest BCUT2D eigenvalue weighted by Crippen LogP contribution is 2.29. The summed E-state index contributed by atoms with van der Waals surface area (Å²) < 4.78 is 40.7.